The molecule has 0 spiro atoms. The van der Waals surface area contributed by atoms with E-state index in [1.807, 2.05) is 0 Å². The zero-order valence-corrected chi connectivity index (χ0v) is 11.0. The first-order valence-electron chi connectivity index (χ1n) is 2.36. The average molecular weight is 322 g/mol. The Labute approximate surface area is 90.6 Å². The fraction of sp³-hybridized carbons (Fsp3) is 0. The van der Waals surface area contributed by atoms with Gasteiger partial charge in [0.25, 0.3) is 0 Å². The molecule has 0 saturated heterocycles. The van der Waals surface area contributed by atoms with E-state index in [0.717, 1.165) is 0 Å². The van der Waals surface area contributed by atoms with Gasteiger partial charge < -0.3 is 9.11 Å². The highest BCUT2D eigenvalue weighted by molar-refractivity contribution is 9.33. The van der Waals surface area contributed by atoms with Gasteiger partial charge in [0.05, 0.1) is 0 Å². The molecule has 2 atom stereocenters. The quantitative estimate of drug-likeness (QED) is 0.305. The molecule has 4 N–H and O–H groups in total. The summed E-state index contributed by atoms with van der Waals surface area (Å²) >= 11 is 0. The van der Waals surface area contributed by atoms with Crippen LogP contribution in [0.15, 0.2) is 0 Å². The van der Waals surface area contributed by atoms with Gasteiger partial charge in [0.1, 0.15) is 19.7 Å². The lowest BCUT2D eigenvalue weighted by atomic mass is 15.8. The molecule has 0 amide bonds. The van der Waals surface area contributed by atoms with Crippen molar-refractivity contribution >= 4 is 52.9 Å². The standard InChI is InChI=1S/H4O8P2S4/c1-9(2,3)13(7)11-12-14(8)10(4,5)6/h(H2,1,2,3)(H2,4,5,6). The second-order valence-corrected chi connectivity index (χ2v) is 16.1. The number of hydrogen-bond acceptors (Lipinski definition) is 6. The van der Waals surface area contributed by atoms with Crippen LogP contribution in [-0.4, -0.2) is 28.7 Å². The van der Waals surface area contributed by atoms with Crippen molar-refractivity contribution in [1.82, 2.24) is 0 Å². The normalized spacial score (nSPS) is 17.9. The van der Waals surface area contributed by atoms with Gasteiger partial charge in [-0.3, -0.25) is 19.6 Å². The highest BCUT2D eigenvalue weighted by atomic mass is 33.8. The Morgan fingerprint density at radius 2 is 1.07 bits per heavy atom. The summed E-state index contributed by atoms with van der Waals surface area (Å²) < 4.78 is 41.7. The molecule has 14 heavy (non-hydrogen) atoms. The van der Waals surface area contributed by atoms with Gasteiger partial charge in [0, 0.05) is 0 Å². The van der Waals surface area contributed by atoms with Crippen LogP contribution in [0.5, 0.6) is 0 Å². The lowest BCUT2D eigenvalue weighted by Crippen LogP contribution is -1.97. The summed E-state index contributed by atoms with van der Waals surface area (Å²) in [6.07, 6.45) is 0. The molecule has 14 heteroatoms. The monoisotopic (exact) mass is 322 g/mol. The van der Waals surface area contributed by atoms with Crippen LogP contribution in [-0.2, 0) is 28.8 Å². The van der Waals surface area contributed by atoms with Gasteiger partial charge in [-0.1, -0.05) is 0 Å². The third-order valence-corrected chi connectivity index (χ3v) is 15.7. The van der Waals surface area contributed by atoms with Gasteiger partial charge >= 0.3 is 13.6 Å². The molecule has 0 aliphatic rings. The lowest BCUT2D eigenvalue weighted by Gasteiger charge is -2.08. The third kappa shape index (κ3) is 6.26. The maximum Gasteiger partial charge on any atom is 0.547 e. The van der Waals surface area contributed by atoms with Crippen LogP contribution >= 0.6 is 33.2 Å². The first kappa shape index (κ1) is 15.6. The summed E-state index contributed by atoms with van der Waals surface area (Å²) in [5.74, 6) is 0. The van der Waals surface area contributed by atoms with Gasteiger partial charge in [0.15, 0.2) is 0 Å². The van der Waals surface area contributed by atoms with Crippen molar-refractivity contribution in [3.8, 4) is 0 Å². The molecular weight excluding hydrogens is 318 g/mol. The Morgan fingerprint density at radius 3 is 1.21 bits per heavy atom. The van der Waals surface area contributed by atoms with Gasteiger partial charge in [-0.05, 0) is 0 Å². The lowest BCUT2D eigenvalue weighted by molar-refractivity contribution is 0.390. The average Bonchev–Trinajstić information content (AvgIpc) is 1.95. The fourth-order valence-electron chi connectivity index (χ4n) is 0.127. The highest BCUT2D eigenvalue weighted by Crippen LogP contribution is 2.59. The van der Waals surface area contributed by atoms with Crippen LogP contribution in [0, 0.1) is 0 Å². The Kier molecular flexibility index (Phi) is 6.47. The van der Waals surface area contributed by atoms with Crippen molar-refractivity contribution in [3.05, 3.63) is 0 Å². The predicted octanol–water partition coefficient (Wildman–Crippen LogP) is -0.119. The van der Waals surface area contributed by atoms with Crippen LogP contribution in [0.1, 0.15) is 0 Å². The summed E-state index contributed by atoms with van der Waals surface area (Å²) in [7, 11) is -5.46. The zero-order chi connectivity index (χ0) is 11.6. The molecule has 0 aliphatic heterocycles. The molecule has 0 saturated carbocycles. The van der Waals surface area contributed by atoms with Crippen LogP contribution in [0.4, 0.5) is 0 Å². The van der Waals surface area contributed by atoms with Crippen LogP contribution in [0.2, 0.25) is 0 Å². The first-order valence-corrected chi connectivity index (χ1v) is 12.3. The second-order valence-electron chi connectivity index (χ2n) is 1.55. The minimum absolute atomic E-state index is 0.0483. The number of rotatable bonds is 5. The van der Waals surface area contributed by atoms with E-state index in [9.17, 15) is 18.2 Å². The van der Waals surface area contributed by atoms with Crippen LogP contribution in [0.25, 0.3) is 0 Å². The summed E-state index contributed by atoms with van der Waals surface area (Å²) in [6, 6.07) is 0. The molecule has 0 fully saturated rings. The minimum Gasteiger partial charge on any atom is -0.597 e. The smallest absolute Gasteiger partial charge is 0.547 e. The molecule has 0 radical (unpaired) electrons. The highest BCUT2D eigenvalue weighted by Gasteiger charge is 2.41. The van der Waals surface area contributed by atoms with Crippen molar-refractivity contribution in [2.75, 3.05) is 0 Å². The molecule has 0 bridgehead atoms. The molecule has 0 rings (SSSR count). The van der Waals surface area contributed by atoms with E-state index in [1.165, 1.54) is 0 Å². The van der Waals surface area contributed by atoms with Crippen LogP contribution < -0.4 is 0 Å². The topological polar surface area (TPSA) is 161 Å². The maximum atomic E-state index is 10.6. The SMILES string of the molecule is O=P(O)(O)[S+]([O-])SS[S+]([O-])P(=O)(O)O. The van der Waals surface area contributed by atoms with E-state index in [2.05, 4.69) is 0 Å². The van der Waals surface area contributed by atoms with Crippen molar-refractivity contribution in [2.45, 2.75) is 0 Å². The van der Waals surface area contributed by atoms with Gasteiger partial charge in [-0.15, -0.1) is 0 Å². The predicted molar refractivity (Wildman–Crippen MR) is 55.6 cm³/mol. The van der Waals surface area contributed by atoms with Crippen molar-refractivity contribution in [1.29, 1.82) is 0 Å². The Hall–Kier alpha value is 1.62. The molecule has 0 heterocycles. The van der Waals surface area contributed by atoms with E-state index in [0.29, 0.717) is 0 Å². The van der Waals surface area contributed by atoms with E-state index >= 15 is 0 Å². The van der Waals surface area contributed by atoms with E-state index in [1.54, 1.807) is 0 Å². The molecule has 8 nitrogen and oxygen atoms in total. The fourth-order valence-corrected chi connectivity index (χ4v) is 14.3. The Bertz CT molecular complexity index is 237. The number of hydrogen-bond donors (Lipinski definition) is 4. The zero-order valence-electron chi connectivity index (χ0n) is 5.95. The second kappa shape index (κ2) is 5.80. The molecule has 0 aromatic carbocycles. The molecule has 0 aromatic rings. The largest absolute Gasteiger partial charge is 0.597 e. The van der Waals surface area contributed by atoms with Gasteiger partial charge in [-0.2, -0.15) is 0 Å². The van der Waals surface area contributed by atoms with Gasteiger partial charge in [0.2, 0.25) is 19.7 Å². The molecule has 86 valence electrons. The first-order chi connectivity index (χ1) is 6.05. The van der Waals surface area contributed by atoms with E-state index in [-0.39, 0.29) is 19.7 Å². The molecule has 0 aromatic heterocycles. The Morgan fingerprint density at radius 1 is 0.857 bits per heavy atom. The molecule has 2 unspecified atom stereocenters. The van der Waals surface area contributed by atoms with E-state index in [4.69, 9.17) is 19.6 Å². The van der Waals surface area contributed by atoms with Crippen molar-refractivity contribution < 1.29 is 37.8 Å². The maximum absolute atomic E-state index is 10.6. The Balaban J connectivity index is 4.09. The molecule has 0 aliphatic carbocycles. The van der Waals surface area contributed by atoms with E-state index < -0.39 is 33.3 Å². The van der Waals surface area contributed by atoms with Crippen molar-refractivity contribution in [3.63, 3.8) is 0 Å². The summed E-state index contributed by atoms with van der Waals surface area (Å²) in [5, 5.41) is 0. The van der Waals surface area contributed by atoms with Gasteiger partial charge in [-0.25, -0.2) is 9.13 Å². The van der Waals surface area contributed by atoms with Crippen LogP contribution in [0.3, 0.4) is 0 Å². The molecular formula is H4O8P2S4. The summed E-state index contributed by atoms with van der Waals surface area (Å²) in [5.41, 5.74) is 0. The van der Waals surface area contributed by atoms with Crippen molar-refractivity contribution in [2.24, 2.45) is 0 Å². The summed E-state index contributed by atoms with van der Waals surface area (Å²) in [4.78, 5) is 33.1. The minimum atomic E-state index is -4.84. The third-order valence-electron chi connectivity index (χ3n) is 0.533. The summed E-state index contributed by atoms with van der Waals surface area (Å²) in [6.45, 7) is -9.68.